The molecule has 2 aromatic heterocycles. The number of nitrogen functional groups attached to an aromatic ring is 1. The zero-order valence-electron chi connectivity index (χ0n) is 9.18. The Bertz CT molecular complexity index is 523. The van der Waals surface area contributed by atoms with Gasteiger partial charge in [-0.1, -0.05) is 11.8 Å². The second-order valence-electron chi connectivity index (χ2n) is 3.15. The second kappa shape index (κ2) is 4.34. The average molecular weight is 253 g/mol. The first-order valence-corrected chi connectivity index (χ1v) is 6.64. The van der Waals surface area contributed by atoms with Gasteiger partial charge in [-0.15, -0.1) is 11.3 Å². The summed E-state index contributed by atoms with van der Waals surface area (Å²) in [6.07, 6.45) is 1.91. The van der Waals surface area contributed by atoms with Crippen LogP contribution in [-0.2, 0) is 0 Å². The minimum Gasteiger partial charge on any atom is -0.368 e. The van der Waals surface area contributed by atoms with Crippen molar-refractivity contribution < 1.29 is 0 Å². The highest BCUT2D eigenvalue weighted by atomic mass is 32.2. The van der Waals surface area contributed by atoms with Gasteiger partial charge in [0.2, 0.25) is 5.95 Å². The molecule has 2 N–H and O–H groups in total. The number of rotatable bonds is 2. The first-order chi connectivity index (χ1) is 7.60. The van der Waals surface area contributed by atoms with Gasteiger partial charge in [0.1, 0.15) is 0 Å². The van der Waals surface area contributed by atoms with Crippen LogP contribution in [0.15, 0.2) is 5.16 Å². The van der Waals surface area contributed by atoms with E-state index in [-0.39, 0.29) is 5.95 Å². The lowest BCUT2D eigenvalue weighted by molar-refractivity contribution is 0.928. The summed E-state index contributed by atoms with van der Waals surface area (Å²) in [6, 6.07) is 0. The molecule has 0 aliphatic carbocycles. The van der Waals surface area contributed by atoms with Crippen LogP contribution >= 0.6 is 23.1 Å². The Labute approximate surface area is 102 Å². The molecule has 0 aromatic carbocycles. The number of hydrogen-bond acceptors (Lipinski definition) is 7. The van der Waals surface area contributed by atoms with E-state index in [1.165, 1.54) is 11.8 Å². The van der Waals surface area contributed by atoms with E-state index in [1.807, 2.05) is 20.1 Å². The lowest BCUT2D eigenvalue weighted by Gasteiger charge is -2.01. The fourth-order valence-electron chi connectivity index (χ4n) is 1.30. The molecule has 84 valence electrons. The monoisotopic (exact) mass is 253 g/mol. The summed E-state index contributed by atoms with van der Waals surface area (Å²) < 4.78 is 0. The number of nitrogens with two attached hydrogens (primary N) is 1. The van der Waals surface area contributed by atoms with E-state index < -0.39 is 0 Å². The summed E-state index contributed by atoms with van der Waals surface area (Å²) in [4.78, 5) is 17.8. The van der Waals surface area contributed by atoms with Crippen LogP contribution in [0.4, 0.5) is 5.95 Å². The van der Waals surface area contributed by atoms with Crippen molar-refractivity contribution in [2.45, 2.75) is 19.0 Å². The van der Waals surface area contributed by atoms with E-state index in [0.717, 1.165) is 15.6 Å². The molecule has 0 spiro atoms. The van der Waals surface area contributed by atoms with Gasteiger partial charge in [-0.25, -0.2) is 9.97 Å². The fraction of sp³-hybridized carbons (Fsp3) is 0.333. The molecule has 2 heterocycles. The molecule has 16 heavy (non-hydrogen) atoms. The summed E-state index contributed by atoms with van der Waals surface area (Å²) in [5.41, 5.74) is 6.57. The lowest BCUT2D eigenvalue weighted by atomic mass is 10.4. The van der Waals surface area contributed by atoms with Crippen molar-refractivity contribution in [1.82, 2.24) is 19.9 Å². The minimum absolute atomic E-state index is 0.250. The third-order valence-corrected chi connectivity index (χ3v) is 3.54. The maximum Gasteiger partial charge on any atom is 0.224 e. The van der Waals surface area contributed by atoms with Crippen LogP contribution in [0.2, 0.25) is 0 Å². The molecule has 2 aromatic rings. The number of hydrogen-bond donors (Lipinski definition) is 1. The van der Waals surface area contributed by atoms with E-state index in [9.17, 15) is 0 Å². The molecule has 7 heteroatoms. The number of nitrogens with zero attached hydrogens (tertiary/aromatic N) is 4. The Morgan fingerprint density at radius 2 is 1.88 bits per heavy atom. The van der Waals surface area contributed by atoms with Gasteiger partial charge >= 0.3 is 0 Å². The molecule has 0 amide bonds. The highest BCUT2D eigenvalue weighted by Crippen LogP contribution is 2.27. The van der Waals surface area contributed by atoms with Crippen molar-refractivity contribution in [1.29, 1.82) is 0 Å². The maximum absolute atomic E-state index is 5.64. The molecule has 0 saturated carbocycles. The second-order valence-corrected chi connectivity index (χ2v) is 5.13. The zero-order valence-corrected chi connectivity index (χ0v) is 10.8. The number of aryl methyl sites for hydroxylation is 2. The highest BCUT2D eigenvalue weighted by molar-refractivity contribution is 7.98. The average Bonchev–Trinajstić information content (AvgIpc) is 2.57. The topological polar surface area (TPSA) is 77.6 Å². The first kappa shape index (κ1) is 11.3. The normalized spacial score (nSPS) is 10.7. The Kier molecular flexibility index (Phi) is 3.06. The van der Waals surface area contributed by atoms with Crippen LogP contribution in [0.25, 0.3) is 10.7 Å². The number of aromatic nitrogens is 4. The molecule has 0 fully saturated rings. The minimum atomic E-state index is 0.250. The van der Waals surface area contributed by atoms with Gasteiger partial charge in [-0.2, -0.15) is 9.97 Å². The van der Waals surface area contributed by atoms with Gasteiger partial charge in [0.15, 0.2) is 11.0 Å². The smallest absolute Gasteiger partial charge is 0.224 e. The van der Waals surface area contributed by atoms with Crippen LogP contribution in [-0.4, -0.2) is 26.2 Å². The quantitative estimate of drug-likeness (QED) is 0.824. The lowest BCUT2D eigenvalue weighted by Crippen LogP contribution is -2.01. The van der Waals surface area contributed by atoms with Crippen molar-refractivity contribution in [2.75, 3.05) is 12.0 Å². The third-order valence-electron chi connectivity index (χ3n) is 1.92. The molecule has 0 bridgehead atoms. The van der Waals surface area contributed by atoms with Crippen molar-refractivity contribution in [3.8, 4) is 10.7 Å². The van der Waals surface area contributed by atoms with Crippen molar-refractivity contribution >= 4 is 29.0 Å². The predicted octanol–water partition coefficient (Wildman–Crippen LogP) is 1.92. The van der Waals surface area contributed by atoms with Gasteiger partial charge in [0, 0.05) is 0 Å². The zero-order chi connectivity index (χ0) is 11.7. The molecule has 0 unspecified atom stereocenters. The van der Waals surface area contributed by atoms with Crippen LogP contribution in [0.3, 0.4) is 0 Å². The molecular weight excluding hydrogens is 242 g/mol. The maximum atomic E-state index is 5.64. The number of anilines is 1. The van der Waals surface area contributed by atoms with Gasteiger partial charge < -0.3 is 5.73 Å². The molecule has 0 aliphatic heterocycles. The largest absolute Gasteiger partial charge is 0.368 e. The first-order valence-electron chi connectivity index (χ1n) is 4.60. The third kappa shape index (κ3) is 2.14. The van der Waals surface area contributed by atoms with Gasteiger partial charge in [-0.05, 0) is 20.1 Å². The number of thioether (sulfide) groups is 1. The van der Waals surface area contributed by atoms with Crippen LogP contribution in [0, 0.1) is 13.8 Å². The summed E-state index contributed by atoms with van der Waals surface area (Å²) >= 11 is 3.01. The van der Waals surface area contributed by atoms with Crippen molar-refractivity contribution in [3.63, 3.8) is 0 Å². The number of thiazole rings is 1. The summed E-state index contributed by atoms with van der Waals surface area (Å²) in [5.74, 6) is 0.861. The molecule has 5 nitrogen and oxygen atoms in total. The van der Waals surface area contributed by atoms with E-state index in [2.05, 4.69) is 19.9 Å². The highest BCUT2D eigenvalue weighted by Gasteiger charge is 2.12. The van der Waals surface area contributed by atoms with E-state index in [4.69, 9.17) is 5.73 Å². The molecule has 0 atom stereocenters. The van der Waals surface area contributed by atoms with Crippen LogP contribution in [0.1, 0.15) is 10.7 Å². The predicted molar refractivity (Wildman–Crippen MR) is 66.6 cm³/mol. The molecule has 0 aliphatic rings. The van der Waals surface area contributed by atoms with Gasteiger partial charge in [0.05, 0.1) is 15.6 Å². The van der Waals surface area contributed by atoms with Crippen LogP contribution < -0.4 is 5.73 Å². The fourth-order valence-corrected chi connectivity index (χ4v) is 2.52. The van der Waals surface area contributed by atoms with Gasteiger partial charge in [0.25, 0.3) is 0 Å². The summed E-state index contributed by atoms with van der Waals surface area (Å²) in [6.45, 7) is 3.90. The summed E-state index contributed by atoms with van der Waals surface area (Å²) in [7, 11) is 0. The van der Waals surface area contributed by atoms with E-state index >= 15 is 0 Å². The SMILES string of the molecule is CSc1nc(N)nc(-c2sc(C)nc2C)n1. The standard InChI is InChI=1S/C9H11N5S2/c1-4-6(16-5(2)11-4)7-12-8(10)14-9(13-7)15-3/h1-3H3,(H2,10,12,13,14). The summed E-state index contributed by atoms with van der Waals surface area (Å²) in [5, 5.41) is 1.63. The molecule has 0 saturated heterocycles. The Morgan fingerprint density at radius 1 is 1.12 bits per heavy atom. The Hall–Kier alpha value is -1.21. The Balaban J connectivity index is 2.55. The van der Waals surface area contributed by atoms with E-state index in [1.54, 1.807) is 11.3 Å². The molecule has 0 radical (unpaired) electrons. The molecular formula is C9H11N5S2. The van der Waals surface area contributed by atoms with Crippen molar-refractivity contribution in [3.05, 3.63) is 10.7 Å². The molecule has 2 rings (SSSR count). The van der Waals surface area contributed by atoms with Crippen molar-refractivity contribution in [2.24, 2.45) is 0 Å². The van der Waals surface area contributed by atoms with E-state index in [0.29, 0.717) is 11.0 Å². The van der Waals surface area contributed by atoms with Crippen LogP contribution in [0.5, 0.6) is 0 Å². The van der Waals surface area contributed by atoms with Gasteiger partial charge in [-0.3, -0.25) is 0 Å². The Morgan fingerprint density at radius 3 is 2.44 bits per heavy atom.